The number of hydrogen-bond acceptors (Lipinski definition) is 3. The van der Waals surface area contributed by atoms with Crippen LogP contribution in [0.2, 0.25) is 0 Å². The van der Waals surface area contributed by atoms with Crippen molar-refractivity contribution in [3.05, 3.63) is 17.0 Å². The van der Waals surface area contributed by atoms with Gasteiger partial charge in [0.1, 0.15) is 0 Å². The summed E-state index contributed by atoms with van der Waals surface area (Å²) in [6.07, 6.45) is 2.59. The van der Waals surface area contributed by atoms with Crippen LogP contribution in [0.4, 0.5) is 5.00 Å². The van der Waals surface area contributed by atoms with Gasteiger partial charge in [-0.05, 0) is 43.3 Å². The van der Waals surface area contributed by atoms with Crippen molar-refractivity contribution in [2.75, 3.05) is 18.4 Å². The highest BCUT2D eigenvalue weighted by molar-refractivity contribution is 7.14. The molecule has 72 valence electrons. The van der Waals surface area contributed by atoms with E-state index in [4.69, 9.17) is 0 Å². The van der Waals surface area contributed by atoms with E-state index >= 15 is 0 Å². The van der Waals surface area contributed by atoms with Crippen LogP contribution < -0.4 is 10.6 Å². The monoisotopic (exact) mass is 196 g/mol. The number of aryl methyl sites for hydroxylation is 1. The van der Waals surface area contributed by atoms with Crippen LogP contribution in [0.5, 0.6) is 0 Å². The molecular formula is C10H16N2S. The fraction of sp³-hybridized carbons (Fsp3) is 0.600. The van der Waals surface area contributed by atoms with Gasteiger partial charge in [-0.3, -0.25) is 0 Å². The van der Waals surface area contributed by atoms with E-state index in [1.807, 2.05) is 0 Å². The minimum Gasteiger partial charge on any atom is -0.373 e. The summed E-state index contributed by atoms with van der Waals surface area (Å²) >= 11 is 1.80. The molecule has 3 heteroatoms. The molecule has 2 nitrogen and oxygen atoms in total. The third-order valence-electron chi connectivity index (χ3n) is 2.49. The molecule has 1 atom stereocenters. The molecule has 0 aliphatic carbocycles. The van der Waals surface area contributed by atoms with Crippen molar-refractivity contribution in [1.29, 1.82) is 0 Å². The van der Waals surface area contributed by atoms with Crippen molar-refractivity contribution < 1.29 is 0 Å². The first-order valence-electron chi connectivity index (χ1n) is 4.87. The van der Waals surface area contributed by atoms with Crippen LogP contribution in [-0.2, 0) is 0 Å². The number of nitrogens with one attached hydrogen (secondary N) is 2. The fourth-order valence-electron chi connectivity index (χ4n) is 1.68. The Hall–Kier alpha value is -0.540. The van der Waals surface area contributed by atoms with Gasteiger partial charge in [0.15, 0.2) is 0 Å². The third-order valence-corrected chi connectivity index (χ3v) is 3.44. The second kappa shape index (κ2) is 4.11. The maximum atomic E-state index is 3.59. The predicted molar refractivity (Wildman–Crippen MR) is 58.6 cm³/mol. The molecule has 1 saturated heterocycles. The first-order valence-corrected chi connectivity index (χ1v) is 5.75. The number of rotatable bonds is 2. The van der Waals surface area contributed by atoms with Gasteiger partial charge < -0.3 is 10.6 Å². The van der Waals surface area contributed by atoms with Gasteiger partial charge in [0.05, 0.1) is 5.00 Å². The second-order valence-electron chi connectivity index (χ2n) is 3.62. The van der Waals surface area contributed by atoms with E-state index in [1.165, 1.54) is 30.0 Å². The lowest BCUT2D eigenvalue weighted by atomic mass is 10.1. The van der Waals surface area contributed by atoms with Gasteiger partial charge in [0.25, 0.3) is 0 Å². The highest BCUT2D eigenvalue weighted by Gasteiger charge is 2.13. The topological polar surface area (TPSA) is 24.1 Å². The number of anilines is 1. The molecule has 0 spiro atoms. The Kier molecular flexibility index (Phi) is 2.86. The molecule has 2 N–H and O–H groups in total. The normalized spacial score (nSPS) is 23.0. The molecular weight excluding hydrogens is 180 g/mol. The van der Waals surface area contributed by atoms with Crippen LogP contribution in [0.25, 0.3) is 0 Å². The Balaban J connectivity index is 1.93. The van der Waals surface area contributed by atoms with Crippen molar-refractivity contribution in [2.24, 2.45) is 0 Å². The molecule has 0 bridgehead atoms. The summed E-state index contributed by atoms with van der Waals surface area (Å²) in [6.45, 7) is 4.45. The van der Waals surface area contributed by atoms with Gasteiger partial charge in [-0.1, -0.05) is 0 Å². The van der Waals surface area contributed by atoms with Gasteiger partial charge in [0.2, 0.25) is 0 Å². The Morgan fingerprint density at radius 2 is 2.54 bits per heavy atom. The summed E-state index contributed by atoms with van der Waals surface area (Å²) in [5, 5.41) is 10.5. The van der Waals surface area contributed by atoms with Gasteiger partial charge in [0, 0.05) is 12.6 Å². The Labute approximate surface area is 83.4 Å². The lowest BCUT2D eigenvalue weighted by Crippen LogP contribution is -2.38. The van der Waals surface area contributed by atoms with E-state index < -0.39 is 0 Å². The SMILES string of the molecule is Cc1ccsc1NC1CCCNC1. The van der Waals surface area contributed by atoms with Crippen molar-refractivity contribution in [2.45, 2.75) is 25.8 Å². The zero-order valence-electron chi connectivity index (χ0n) is 7.97. The van der Waals surface area contributed by atoms with E-state index in [2.05, 4.69) is 29.0 Å². The summed E-state index contributed by atoms with van der Waals surface area (Å²) in [6, 6.07) is 2.80. The maximum absolute atomic E-state index is 3.59. The summed E-state index contributed by atoms with van der Waals surface area (Å²) in [5.41, 5.74) is 1.37. The number of piperidine rings is 1. The van der Waals surface area contributed by atoms with Gasteiger partial charge in [-0.15, -0.1) is 11.3 Å². The summed E-state index contributed by atoms with van der Waals surface area (Å²) in [4.78, 5) is 0. The quantitative estimate of drug-likeness (QED) is 0.758. The first kappa shape index (κ1) is 9.03. The molecule has 1 aliphatic rings. The van der Waals surface area contributed by atoms with Crippen molar-refractivity contribution in [1.82, 2.24) is 5.32 Å². The average molecular weight is 196 g/mol. The number of thiophene rings is 1. The van der Waals surface area contributed by atoms with Crippen molar-refractivity contribution in [3.63, 3.8) is 0 Å². The lowest BCUT2D eigenvalue weighted by molar-refractivity contribution is 0.480. The largest absolute Gasteiger partial charge is 0.373 e. The van der Waals surface area contributed by atoms with Crippen LogP contribution in [0.15, 0.2) is 11.4 Å². The van der Waals surface area contributed by atoms with Gasteiger partial charge >= 0.3 is 0 Å². The Morgan fingerprint density at radius 1 is 1.62 bits per heavy atom. The minimum absolute atomic E-state index is 0.631. The molecule has 0 amide bonds. The van der Waals surface area contributed by atoms with Crippen LogP contribution in [0, 0.1) is 6.92 Å². The van der Waals surface area contributed by atoms with Crippen molar-refractivity contribution >= 4 is 16.3 Å². The summed E-state index contributed by atoms with van der Waals surface area (Å²) in [7, 11) is 0. The van der Waals surface area contributed by atoms with E-state index in [0.717, 1.165) is 6.54 Å². The number of hydrogen-bond donors (Lipinski definition) is 2. The fourth-order valence-corrected chi connectivity index (χ4v) is 2.58. The molecule has 2 rings (SSSR count). The zero-order chi connectivity index (χ0) is 9.10. The molecule has 0 radical (unpaired) electrons. The third kappa shape index (κ3) is 2.23. The van der Waals surface area contributed by atoms with Gasteiger partial charge in [-0.25, -0.2) is 0 Å². The molecule has 1 aromatic heterocycles. The van der Waals surface area contributed by atoms with Gasteiger partial charge in [-0.2, -0.15) is 0 Å². The smallest absolute Gasteiger partial charge is 0.0914 e. The summed E-state index contributed by atoms with van der Waals surface area (Å²) < 4.78 is 0. The van der Waals surface area contributed by atoms with E-state index in [9.17, 15) is 0 Å². The molecule has 1 aromatic rings. The van der Waals surface area contributed by atoms with Crippen LogP contribution >= 0.6 is 11.3 Å². The summed E-state index contributed by atoms with van der Waals surface area (Å²) in [5.74, 6) is 0. The predicted octanol–water partition coefficient (Wildman–Crippen LogP) is 2.22. The highest BCUT2D eigenvalue weighted by atomic mass is 32.1. The molecule has 1 fully saturated rings. The highest BCUT2D eigenvalue weighted by Crippen LogP contribution is 2.23. The van der Waals surface area contributed by atoms with Crippen LogP contribution in [0.3, 0.4) is 0 Å². The minimum atomic E-state index is 0.631. The first-order chi connectivity index (χ1) is 6.36. The molecule has 1 aliphatic heterocycles. The second-order valence-corrected chi connectivity index (χ2v) is 4.54. The van der Waals surface area contributed by atoms with E-state index in [1.54, 1.807) is 11.3 Å². The van der Waals surface area contributed by atoms with Crippen LogP contribution in [-0.4, -0.2) is 19.1 Å². The van der Waals surface area contributed by atoms with E-state index in [0.29, 0.717) is 6.04 Å². The maximum Gasteiger partial charge on any atom is 0.0914 e. The van der Waals surface area contributed by atoms with Crippen molar-refractivity contribution in [3.8, 4) is 0 Å². The van der Waals surface area contributed by atoms with E-state index in [-0.39, 0.29) is 0 Å². The molecule has 13 heavy (non-hydrogen) atoms. The Morgan fingerprint density at radius 3 is 3.15 bits per heavy atom. The molecule has 0 aromatic carbocycles. The lowest BCUT2D eigenvalue weighted by Gasteiger charge is -2.24. The standard InChI is InChI=1S/C10H16N2S/c1-8-4-6-13-10(8)12-9-3-2-5-11-7-9/h4,6,9,11-12H,2-3,5,7H2,1H3. The Bertz CT molecular complexity index is 264. The average Bonchev–Trinajstić information content (AvgIpc) is 2.54. The van der Waals surface area contributed by atoms with Crippen LogP contribution in [0.1, 0.15) is 18.4 Å². The molecule has 2 heterocycles. The molecule has 0 saturated carbocycles. The zero-order valence-corrected chi connectivity index (χ0v) is 8.79. The molecule has 1 unspecified atom stereocenters.